The van der Waals surface area contributed by atoms with Gasteiger partial charge in [-0.15, -0.1) is 0 Å². The first-order valence-electron chi connectivity index (χ1n) is 6.61. The molecule has 23 heavy (non-hydrogen) atoms. The van der Waals surface area contributed by atoms with E-state index in [9.17, 15) is 19.3 Å². The summed E-state index contributed by atoms with van der Waals surface area (Å²) >= 11 is 0. The first kappa shape index (κ1) is 16.2. The molecule has 0 saturated heterocycles. The summed E-state index contributed by atoms with van der Waals surface area (Å²) in [5, 5.41) is 16.1. The van der Waals surface area contributed by atoms with Crippen molar-refractivity contribution >= 4 is 23.0 Å². The topological polar surface area (TPSA) is 93.5 Å². The number of amides is 1. The van der Waals surface area contributed by atoms with Crippen LogP contribution in [-0.4, -0.2) is 24.5 Å². The van der Waals surface area contributed by atoms with Gasteiger partial charge < -0.3 is 15.4 Å². The molecule has 0 heterocycles. The molecule has 8 heteroatoms. The monoisotopic (exact) mass is 319 g/mol. The summed E-state index contributed by atoms with van der Waals surface area (Å²) in [5.74, 6) is -0.405. The second kappa shape index (κ2) is 7.21. The molecule has 0 aliphatic rings. The first-order chi connectivity index (χ1) is 11.0. The van der Waals surface area contributed by atoms with Crippen LogP contribution >= 0.6 is 0 Å². The molecular formula is C15H14FN3O4. The minimum absolute atomic E-state index is 0.118. The first-order valence-corrected chi connectivity index (χ1v) is 6.61. The number of anilines is 2. The number of benzene rings is 2. The molecule has 0 aromatic heterocycles. The van der Waals surface area contributed by atoms with Gasteiger partial charge in [-0.25, -0.2) is 4.39 Å². The van der Waals surface area contributed by atoms with Crippen LogP contribution in [0.5, 0.6) is 5.75 Å². The fourth-order valence-electron chi connectivity index (χ4n) is 1.86. The van der Waals surface area contributed by atoms with Crippen molar-refractivity contribution in [2.24, 2.45) is 0 Å². The number of nitrogens with zero attached hydrogens (tertiary/aromatic N) is 1. The van der Waals surface area contributed by atoms with Crippen LogP contribution in [0.4, 0.5) is 21.5 Å². The molecule has 0 atom stereocenters. The minimum Gasteiger partial charge on any atom is -0.495 e. The van der Waals surface area contributed by atoms with E-state index in [-0.39, 0.29) is 18.1 Å². The number of halogens is 1. The highest BCUT2D eigenvalue weighted by molar-refractivity contribution is 5.94. The average molecular weight is 319 g/mol. The third-order valence-corrected chi connectivity index (χ3v) is 2.96. The fourth-order valence-corrected chi connectivity index (χ4v) is 1.86. The Labute approximate surface area is 131 Å². The molecule has 0 fully saturated rings. The van der Waals surface area contributed by atoms with Crippen molar-refractivity contribution in [1.29, 1.82) is 0 Å². The summed E-state index contributed by atoms with van der Waals surface area (Å²) in [6.45, 7) is -0.130. The van der Waals surface area contributed by atoms with E-state index in [2.05, 4.69) is 10.6 Å². The van der Waals surface area contributed by atoms with Gasteiger partial charge in [0.25, 0.3) is 5.69 Å². The Bertz CT molecular complexity index is 719. The second-order valence-electron chi connectivity index (χ2n) is 4.55. The third kappa shape index (κ3) is 4.40. The number of nitrogens with one attached hydrogen (secondary N) is 2. The number of nitro groups is 1. The van der Waals surface area contributed by atoms with Crippen LogP contribution in [0.3, 0.4) is 0 Å². The van der Waals surface area contributed by atoms with E-state index < -0.39 is 10.7 Å². The van der Waals surface area contributed by atoms with Crippen LogP contribution in [-0.2, 0) is 4.79 Å². The Morgan fingerprint density at radius 2 is 1.96 bits per heavy atom. The molecular weight excluding hydrogens is 305 g/mol. The largest absolute Gasteiger partial charge is 0.495 e. The van der Waals surface area contributed by atoms with Crippen molar-refractivity contribution in [3.05, 3.63) is 58.4 Å². The predicted molar refractivity (Wildman–Crippen MR) is 83.2 cm³/mol. The summed E-state index contributed by atoms with van der Waals surface area (Å²) in [5.41, 5.74) is 0.660. The van der Waals surface area contributed by atoms with E-state index in [0.717, 1.165) is 0 Å². The molecule has 7 nitrogen and oxygen atoms in total. The van der Waals surface area contributed by atoms with Crippen LogP contribution in [0.15, 0.2) is 42.5 Å². The molecule has 2 aromatic rings. The highest BCUT2D eigenvalue weighted by Crippen LogP contribution is 2.28. The molecule has 0 spiro atoms. The molecule has 120 valence electrons. The van der Waals surface area contributed by atoms with Gasteiger partial charge in [-0.2, -0.15) is 0 Å². The smallest absolute Gasteiger partial charge is 0.271 e. The number of hydrogen-bond donors (Lipinski definition) is 2. The van der Waals surface area contributed by atoms with Gasteiger partial charge in [0.15, 0.2) is 0 Å². The van der Waals surface area contributed by atoms with E-state index in [4.69, 9.17) is 4.74 Å². The van der Waals surface area contributed by atoms with Gasteiger partial charge in [-0.05, 0) is 30.3 Å². The van der Waals surface area contributed by atoms with Crippen LogP contribution in [0.25, 0.3) is 0 Å². The second-order valence-corrected chi connectivity index (χ2v) is 4.55. The SMILES string of the molecule is COc1ccc([N+](=O)[O-])cc1NCC(=O)Nc1ccc(F)cc1. The van der Waals surface area contributed by atoms with Crippen molar-refractivity contribution < 1.29 is 18.8 Å². The number of nitro benzene ring substituents is 1. The lowest BCUT2D eigenvalue weighted by Gasteiger charge is -2.11. The molecule has 1 amide bonds. The van der Waals surface area contributed by atoms with E-state index in [1.807, 2.05) is 0 Å². The van der Waals surface area contributed by atoms with Crippen molar-refractivity contribution in [2.45, 2.75) is 0 Å². The molecule has 0 radical (unpaired) electrons. The molecule has 0 unspecified atom stereocenters. The number of carbonyl (C=O) groups is 1. The number of rotatable bonds is 6. The van der Waals surface area contributed by atoms with E-state index in [1.165, 1.54) is 49.6 Å². The highest BCUT2D eigenvalue weighted by atomic mass is 19.1. The zero-order valence-electron chi connectivity index (χ0n) is 12.2. The minimum atomic E-state index is -0.538. The third-order valence-electron chi connectivity index (χ3n) is 2.96. The van der Waals surface area contributed by atoms with Crippen LogP contribution in [0, 0.1) is 15.9 Å². The lowest BCUT2D eigenvalue weighted by Crippen LogP contribution is -2.22. The van der Waals surface area contributed by atoms with Gasteiger partial charge in [0.05, 0.1) is 24.3 Å². The van der Waals surface area contributed by atoms with Gasteiger partial charge in [-0.1, -0.05) is 0 Å². The zero-order valence-corrected chi connectivity index (χ0v) is 12.2. The van der Waals surface area contributed by atoms with Crippen LogP contribution < -0.4 is 15.4 Å². The Balaban J connectivity index is 2.01. The highest BCUT2D eigenvalue weighted by Gasteiger charge is 2.12. The Hall–Kier alpha value is -3.16. The van der Waals surface area contributed by atoms with Crippen LogP contribution in [0.1, 0.15) is 0 Å². The fraction of sp³-hybridized carbons (Fsp3) is 0.133. The number of methoxy groups -OCH3 is 1. The molecule has 0 aliphatic heterocycles. The number of non-ortho nitro benzene ring substituents is 1. The molecule has 0 saturated carbocycles. The maximum absolute atomic E-state index is 12.8. The van der Waals surface area contributed by atoms with Crippen molar-refractivity contribution in [3.63, 3.8) is 0 Å². The number of ether oxygens (including phenoxy) is 1. The zero-order chi connectivity index (χ0) is 16.8. The molecule has 2 aromatic carbocycles. The number of hydrogen-bond acceptors (Lipinski definition) is 5. The lowest BCUT2D eigenvalue weighted by atomic mass is 10.2. The lowest BCUT2D eigenvalue weighted by molar-refractivity contribution is -0.384. The van der Waals surface area contributed by atoms with E-state index in [1.54, 1.807) is 0 Å². The van der Waals surface area contributed by atoms with Gasteiger partial charge in [0.2, 0.25) is 5.91 Å². The maximum Gasteiger partial charge on any atom is 0.271 e. The van der Waals surface area contributed by atoms with Gasteiger partial charge >= 0.3 is 0 Å². The van der Waals surface area contributed by atoms with Crippen molar-refractivity contribution in [2.75, 3.05) is 24.3 Å². The van der Waals surface area contributed by atoms with Crippen molar-refractivity contribution in [1.82, 2.24) is 0 Å². The van der Waals surface area contributed by atoms with Gasteiger partial charge in [-0.3, -0.25) is 14.9 Å². The Morgan fingerprint density at radius 1 is 1.26 bits per heavy atom. The predicted octanol–water partition coefficient (Wildman–Crippen LogP) is 2.79. The maximum atomic E-state index is 12.8. The summed E-state index contributed by atoms with van der Waals surface area (Å²) in [6.07, 6.45) is 0. The normalized spacial score (nSPS) is 10.0. The Morgan fingerprint density at radius 3 is 2.57 bits per heavy atom. The standard InChI is InChI=1S/C15H14FN3O4/c1-23-14-7-6-12(19(21)22)8-13(14)17-9-15(20)18-11-4-2-10(16)3-5-11/h2-8,17H,9H2,1H3,(H,18,20). The quantitative estimate of drug-likeness (QED) is 0.631. The average Bonchev–Trinajstić information content (AvgIpc) is 2.54. The molecule has 0 bridgehead atoms. The van der Waals surface area contributed by atoms with Crippen LogP contribution in [0.2, 0.25) is 0 Å². The van der Waals surface area contributed by atoms with Crippen molar-refractivity contribution in [3.8, 4) is 5.75 Å². The van der Waals surface area contributed by atoms with E-state index in [0.29, 0.717) is 17.1 Å². The molecule has 0 aliphatic carbocycles. The summed E-state index contributed by atoms with van der Waals surface area (Å²) in [7, 11) is 1.42. The summed E-state index contributed by atoms with van der Waals surface area (Å²) in [6, 6.07) is 9.35. The molecule has 2 N–H and O–H groups in total. The summed E-state index contributed by atoms with van der Waals surface area (Å²) < 4.78 is 17.9. The van der Waals surface area contributed by atoms with Gasteiger partial charge in [0, 0.05) is 17.8 Å². The van der Waals surface area contributed by atoms with E-state index >= 15 is 0 Å². The molecule has 2 rings (SSSR count). The van der Waals surface area contributed by atoms with Gasteiger partial charge in [0.1, 0.15) is 11.6 Å². The number of carbonyl (C=O) groups excluding carboxylic acids is 1. The summed E-state index contributed by atoms with van der Waals surface area (Å²) in [4.78, 5) is 22.1. The Kier molecular flexibility index (Phi) is 5.08.